The number of rotatable bonds is 2. The summed E-state index contributed by atoms with van der Waals surface area (Å²) < 4.78 is 5.19. The van der Waals surface area contributed by atoms with E-state index in [4.69, 9.17) is 16.3 Å². The molecule has 0 saturated heterocycles. The first-order chi connectivity index (χ1) is 7.26. The Kier molecular flexibility index (Phi) is 2.78. The van der Waals surface area contributed by atoms with E-state index in [0.29, 0.717) is 0 Å². The van der Waals surface area contributed by atoms with Gasteiger partial charge in [0.1, 0.15) is 5.75 Å². The van der Waals surface area contributed by atoms with E-state index in [0.717, 1.165) is 33.7 Å². The molecule has 0 unspecified atom stereocenters. The normalized spacial score (nSPS) is 10.6. The first kappa shape index (κ1) is 10.2. The van der Waals surface area contributed by atoms with E-state index in [1.807, 2.05) is 18.2 Å². The highest BCUT2D eigenvalue weighted by Gasteiger charge is 2.06. The Morgan fingerprint density at radius 3 is 2.87 bits per heavy atom. The highest BCUT2D eigenvalue weighted by atomic mass is 35.5. The molecule has 78 valence electrons. The fourth-order valence-corrected chi connectivity index (χ4v) is 1.97. The van der Waals surface area contributed by atoms with E-state index in [2.05, 4.69) is 11.9 Å². The minimum Gasteiger partial charge on any atom is -0.497 e. The number of nitrogens with zero attached hydrogens (tertiary/aromatic N) is 1. The van der Waals surface area contributed by atoms with E-state index in [9.17, 15) is 0 Å². The second-order valence-electron chi connectivity index (χ2n) is 3.32. The Morgan fingerprint density at radius 1 is 1.40 bits per heavy atom. The van der Waals surface area contributed by atoms with Crippen LogP contribution in [0.5, 0.6) is 5.75 Å². The fraction of sp³-hybridized carbons (Fsp3) is 0.250. The number of hydrogen-bond donors (Lipinski definition) is 0. The number of pyridine rings is 1. The van der Waals surface area contributed by atoms with E-state index >= 15 is 0 Å². The molecule has 1 aromatic carbocycles. The maximum absolute atomic E-state index is 6.10. The largest absolute Gasteiger partial charge is 0.497 e. The predicted octanol–water partition coefficient (Wildman–Crippen LogP) is 3.46. The Bertz CT molecular complexity index is 496. The molecule has 0 radical (unpaired) electrons. The third-order valence-corrected chi connectivity index (χ3v) is 2.81. The number of hydrogen-bond acceptors (Lipinski definition) is 2. The van der Waals surface area contributed by atoms with Crippen molar-refractivity contribution in [2.75, 3.05) is 7.11 Å². The Hall–Kier alpha value is -1.28. The van der Waals surface area contributed by atoms with Crippen LogP contribution in [0.15, 0.2) is 24.4 Å². The lowest BCUT2D eigenvalue weighted by Gasteiger charge is -2.07. The summed E-state index contributed by atoms with van der Waals surface area (Å²) in [7, 11) is 1.66. The van der Waals surface area contributed by atoms with Crippen LogP contribution < -0.4 is 4.74 Å². The van der Waals surface area contributed by atoms with Crippen LogP contribution in [-0.2, 0) is 6.42 Å². The van der Waals surface area contributed by atoms with Gasteiger partial charge >= 0.3 is 0 Å². The highest BCUT2D eigenvalue weighted by Crippen LogP contribution is 2.27. The van der Waals surface area contributed by atoms with Crippen LogP contribution in [0.4, 0.5) is 0 Å². The van der Waals surface area contributed by atoms with Crippen molar-refractivity contribution in [1.29, 1.82) is 0 Å². The quantitative estimate of drug-likeness (QED) is 0.775. The predicted molar refractivity (Wildman–Crippen MR) is 62.7 cm³/mol. The zero-order chi connectivity index (χ0) is 10.8. The van der Waals surface area contributed by atoms with Crippen LogP contribution in [-0.4, -0.2) is 12.1 Å². The number of benzene rings is 1. The van der Waals surface area contributed by atoms with Crippen molar-refractivity contribution < 1.29 is 4.74 Å². The number of fused-ring (bicyclic) bond motifs is 1. The number of aromatic nitrogens is 1. The van der Waals surface area contributed by atoms with E-state index in [1.54, 1.807) is 13.3 Å². The molecule has 0 fully saturated rings. The average Bonchev–Trinajstić information content (AvgIpc) is 2.28. The van der Waals surface area contributed by atoms with Gasteiger partial charge in [0.05, 0.1) is 17.6 Å². The summed E-state index contributed by atoms with van der Waals surface area (Å²) in [5.74, 6) is 0.835. The van der Waals surface area contributed by atoms with Gasteiger partial charge in [-0.3, -0.25) is 4.98 Å². The second kappa shape index (κ2) is 4.07. The maximum Gasteiger partial charge on any atom is 0.119 e. The molecule has 3 heteroatoms. The average molecular weight is 222 g/mol. The van der Waals surface area contributed by atoms with Crippen molar-refractivity contribution in [1.82, 2.24) is 4.98 Å². The molecule has 0 saturated carbocycles. The van der Waals surface area contributed by atoms with Crippen molar-refractivity contribution in [2.24, 2.45) is 0 Å². The molecular formula is C12H12ClNO. The lowest BCUT2D eigenvalue weighted by atomic mass is 10.1. The summed E-state index contributed by atoms with van der Waals surface area (Å²) >= 11 is 6.10. The smallest absolute Gasteiger partial charge is 0.119 e. The molecule has 1 aromatic heterocycles. The third-order valence-electron chi connectivity index (χ3n) is 2.49. The van der Waals surface area contributed by atoms with Crippen molar-refractivity contribution in [3.05, 3.63) is 35.0 Å². The molecule has 0 aliphatic heterocycles. The zero-order valence-corrected chi connectivity index (χ0v) is 9.51. The van der Waals surface area contributed by atoms with Crippen LogP contribution in [0.1, 0.15) is 12.5 Å². The monoisotopic (exact) mass is 221 g/mol. The summed E-state index contributed by atoms with van der Waals surface area (Å²) in [6.07, 6.45) is 2.60. The molecule has 2 rings (SSSR count). The fourth-order valence-electron chi connectivity index (χ4n) is 1.69. The van der Waals surface area contributed by atoms with Crippen molar-refractivity contribution in [2.45, 2.75) is 13.3 Å². The summed E-state index contributed by atoms with van der Waals surface area (Å²) in [6, 6.07) is 5.83. The van der Waals surface area contributed by atoms with Gasteiger partial charge in [0, 0.05) is 11.6 Å². The number of ether oxygens (including phenoxy) is 1. The van der Waals surface area contributed by atoms with Gasteiger partial charge in [-0.25, -0.2) is 0 Å². The van der Waals surface area contributed by atoms with Gasteiger partial charge < -0.3 is 4.74 Å². The first-order valence-corrected chi connectivity index (χ1v) is 5.25. The van der Waals surface area contributed by atoms with Gasteiger partial charge in [0.2, 0.25) is 0 Å². The Labute approximate surface area is 93.8 Å². The first-order valence-electron chi connectivity index (χ1n) is 4.87. The molecule has 15 heavy (non-hydrogen) atoms. The summed E-state index contributed by atoms with van der Waals surface area (Å²) in [5.41, 5.74) is 2.08. The molecule has 0 atom stereocenters. The van der Waals surface area contributed by atoms with Crippen molar-refractivity contribution >= 4 is 22.5 Å². The second-order valence-corrected chi connectivity index (χ2v) is 3.73. The van der Waals surface area contributed by atoms with Gasteiger partial charge in [-0.05, 0) is 30.2 Å². The number of halogens is 1. The minimum atomic E-state index is 0.721. The van der Waals surface area contributed by atoms with Gasteiger partial charge in [-0.2, -0.15) is 0 Å². The SMILES string of the molecule is CCc1c(Cl)cnc2ccc(OC)cc12. The molecule has 0 spiro atoms. The summed E-state index contributed by atoms with van der Waals surface area (Å²) in [5, 5.41) is 1.79. The van der Waals surface area contributed by atoms with Crippen LogP contribution >= 0.6 is 11.6 Å². The lowest BCUT2D eigenvalue weighted by molar-refractivity contribution is 0.415. The van der Waals surface area contributed by atoms with Gasteiger partial charge in [0.15, 0.2) is 0 Å². The standard InChI is InChI=1S/C12H12ClNO/c1-3-9-10-6-8(15-2)4-5-12(10)14-7-11(9)13/h4-7H,3H2,1-2H3. The van der Waals surface area contributed by atoms with Crippen LogP contribution in [0.25, 0.3) is 10.9 Å². The van der Waals surface area contributed by atoms with Crippen LogP contribution in [0.2, 0.25) is 5.02 Å². The molecule has 1 heterocycles. The van der Waals surface area contributed by atoms with E-state index < -0.39 is 0 Å². The Morgan fingerprint density at radius 2 is 2.20 bits per heavy atom. The van der Waals surface area contributed by atoms with Gasteiger partial charge in [0.25, 0.3) is 0 Å². The van der Waals surface area contributed by atoms with Crippen LogP contribution in [0, 0.1) is 0 Å². The van der Waals surface area contributed by atoms with E-state index in [-0.39, 0.29) is 0 Å². The molecule has 0 bridgehead atoms. The molecule has 0 N–H and O–H groups in total. The summed E-state index contributed by atoms with van der Waals surface area (Å²) in [4.78, 5) is 4.28. The number of aryl methyl sites for hydroxylation is 1. The molecule has 0 aliphatic carbocycles. The molecular weight excluding hydrogens is 210 g/mol. The highest BCUT2D eigenvalue weighted by molar-refractivity contribution is 6.32. The minimum absolute atomic E-state index is 0.721. The molecule has 0 aliphatic rings. The van der Waals surface area contributed by atoms with Crippen molar-refractivity contribution in [3.63, 3.8) is 0 Å². The molecule has 0 amide bonds. The van der Waals surface area contributed by atoms with Crippen molar-refractivity contribution in [3.8, 4) is 5.75 Å². The maximum atomic E-state index is 6.10. The Balaban J connectivity index is 2.76. The topological polar surface area (TPSA) is 22.1 Å². The molecule has 2 nitrogen and oxygen atoms in total. The van der Waals surface area contributed by atoms with Gasteiger partial charge in [-0.1, -0.05) is 18.5 Å². The lowest BCUT2D eigenvalue weighted by Crippen LogP contribution is -1.90. The summed E-state index contributed by atoms with van der Waals surface area (Å²) in [6.45, 7) is 2.08. The third kappa shape index (κ3) is 1.77. The zero-order valence-electron chi connectivity index (χ0n) is 8.75. The number of methoxy groups -OCH3 is 1. The van der Waals surface area contributed by atoms with E-state index in [1.165, 1.54) is 0 Å². The van der Waals surface area contributed by atoms with Crippen LogP contribution in [0.3, 0.4) is 0 Å². The van der Waals surface area contributed by atoms with Gasteiger partial charge in [-0.15, -0.1) is 0 Å². The molecule has 2 aromatic rings.